The van der Waals surface area contributed by atoms with Crippen LogP contribution in [0.15, 0.2) is 24.3 Å². The van der Waals surface area contributed by atoms with Crippen LogP contribution in [0.2, 0.25) is 0 Å². The Balaban J connectivity index is 2.63. The fourth-order valence-electron chi connectivity index (χ4n) is 1.48. The fourth-order valence-corrected chi connectivity index (χ4v) is 1.67. The molecule has 0 N–H and O–H groups in total. The van der Waals surface area contributed by atoms with Gasteiger partial charge >= 0.3 is 0 Å². The Kier molecular flexibility index (Phi) is 5.58. The summed E-state index contributed by atoms with van der Waals surface area (Å²) in [6.45, 7) is 0. The van der Waals surface area contributed by atoms with E-state index in [1.807, 2.05) is 0 Å². The number of non-ortho nitro benzene ring substituents is 1. The summed E-state index contributed by atoms with van der Waals surface area (Å²) in [6.07, 6.45) is 1.99. The van der Waals surface area contributed by atoms with E-state index >= 15 is 0 Å². The van der Waals surface area contributed by atoms with Crippen LogP contribution in [0.3, 0.4) is 0 Å². The van der Waals surface area contributed by atoms with Crippen molar-refractivity contribution in [3.63, 3.8) is 0 Å². The predicted molar refractivity (Wildman–Crippen MR) is 71.1 cm³/mol. The van der Waals surface area contributed by atoms with Crippen molar-refractivity contribution in [2.45, 2.75) is 19.3 Å². The lowest BCUT2D eigenvalue weighted by Gasteiger charge is -2.16. The molecule has 6 heteroatoms. The van der Waals surface area contributed by atoms with Gasteiger partial charge < -0.3 is 4.90 Å². The van der Waals surface area contributed by atoms with Gasteiger partial charge in [0.25, 0.3) is 5.69 Å². The number of rotatable bonds is 6. The molecule has 0 aliphatic heterocycles. The van der Waals surface area contributed by atoms with Crippen LogP contribution >= 0.6 is 11.6 Å². The summed E-state index contributed by atoms with van der Waals surface area (Å²) in [5, 5.41) is 10.5. The molecule has 1 amide bonds. The van der Waals surface area contributed by atoms with Gasteiger partial charge in [0.1, 0.15) is 0 Å². The fraction of sp³-hybridized carbons (Fsp3) is 0.417. The molecule has 0 bridgehead atoms. The van der Waals surface area contributed by atoms with E-state index in [0.717, 1.165) is 12.8 Å². The van der Waals surface area contributed by atoms with Gasteiger partial charge in [-0.05, 0) is 25.0 Å². The van der Waals surface area contributed by atoms with Gasteiger partial charge in [-0.3, -0.25) is 14.9 Å². The van der Waals surface area contributed by atoms with E-state index in [0.29, 0.717) is 18.0 Å². The number of nitrogens with zero attached hydrogens (tertiary/aromatic N) is 2. The summed E-state index contributed by atoms with van der Waals surface area (Å²) in [5.41, 5.74) is 0.665. The first-order valence-electron chi connectivity index (χ1n) is 5.63. The van der Waals surface area contributed by atoms with Crippen molar-refractivity contribution in [1.29, 1.82) is 0 Å². The molecule has 18 heavy (non-hydrogen) atoms. The zero-order valence-electron chi connectivity index (χ0n) is 10.1. The lowest BCUT2D eigenvalue weighted by molar-refractivity contribution is -0.384. The molecule has 0 fully saturated rings. The van der Waals surface area contributed by atoms with Crippen molar-refractivity contribution in [3.8, 4) is 0 Å². The average molecular weight is 271 g/mol. The zero-order valence-corrected chi connectivity index (χ0v) is 10.9. The largest absolute Gasteiger partial charge is 0.315 e. The molecule has 0 aliphatic carbocycles. The smallest absolute Gasteiger partial charge is 0.269 e. The molecular weight excluding hydrogens is 256 g/mol. The van der Waals surface area contributed by atoms with Crippen molar-refractivity contribution in [3.05, 3.63) is 34.4 Å². The van der Waals surface area contributed by atoms with Crippen LogP contribution in [0.1, 0.15) is 19.3 Å². The van der Waals surface area contributed by atoms with Gasteiger partial charge in [0.05, 0.1) is 4.92 Å². The van der Waals surface area contributed by atoms with Gasteiger partial charge in [0.2, 0.25) is 5.91 Å². The Morgan fingerprint density at radius 2 is 1.94 bits per heavy atom. The number of halogens is 1. The van der Waals surface area contributed by atoms with Crippen molar-refractivity contribution in [2.75, 3.05) is 17.8 Å². The highest BCUT2D eigenvalue weighted by molar-refractivity contribution is 6.17. The molecule has 1 aromatic carbocycles. The molecule has 0 heterocycles. The molecule has 0 saturated heterocycles. The van der Waals surface area contributed by atoms with Crippen molar-refractivity contribution >= 4 is 28.9 Å². The molecule has 1 aromatic rings. The number of anilines is 1. The molecule has 0 aliphatic rings. The van der Waals surface area contributed by atoms with E-state index in [2.05, 4.69) is 0 Å². The van der Waals surface area contributed by atoms with E-state index in [1.165, 1.54) is 17.0 Å². The normalized spacial score (nSPS) is 10.1. The lowest BCUT2D eigenvalue weighted by atomic mass is 10.2. The van der Waals surface area contributed by atoms with Gasteiger partial charge in [-0.1, -0.05) is 0 Å². The van der Waals surface area contributed by atoms with E-state index < -0.39 is 4.92 Å². The molecule has 98 valence electrons. The van der Waals surface area contributed by atoms with Crippen LogP contribution in [0.4, 0.5) is 11.4 Å². The number of benzene rings is 1. The van der Waals surface area contributed by atoms with E-state index in [9.17, 15) is 14.9 Å². The van der Waals surface area contributed by atoms with Crippen molar-refractivity contribution in [1.82, 2.24) is 0 Å². The quantitative estimate of drug-likeness (QED) is 0.345. The molecular formula is C12H15ClN2O3. The minimum Gasteiger partial charge on any atom is -0.315 e. The van der Waals surface area contributed by atoms with Crippen LogP contribution in [0.5, 0.6) is 0 Å². The third-order valence-electron chi connectivity index (χ3n) is 2.60. The number of nitro benzene ring substituents is 1. The van der Waals surface area contributed by atoms with Gasteiger partial charge in [0, 0.05) is 37.2 Å². The minimum absolute atomic E-state index is 0.0155. The van der Waals surface area contributed by atoms with Gasteiger partial charge in [0.15, 0.2) is 0 Å². The maximum absolute atomic E-state index is 11.8. The second kappa shape index (κ2) is 6.96. The first-order chi connectivity index (χ1) is 8.56. The SMILES string of the molecule is CN(C(=O)CCCCCl)c1ccc([N+](=O)[O-])cc1. The van der Waals surface area contributed by atoms with Crippen LogP contribution in [-0.4, -0.2) is 23.8 Å². The average Bonchev–Trinajstić information content (AvgIpc) is 2.38. The Morgan fingerprint density at radius 3 is 2.44 bits per heavy atom. The monoisotopic (exact) mass is 270 g/mol. The summed E-state index contributed by atoms with van der Waals surface area (Å²) in [4.78, 5) is 23.3. The Morgan fingerprint density at radius 1 is 1.33 bits per heavy atom. The molecule has 0 unspecified atom stereocenters. The standard InChI is InChI=1S/C12H15ClN2O3/c1-14(12(16)4-2-3-9-13)10-5-7-11(8-6-10)15(17)18/h5-8H,2-4,9H2,1H3. The van der Waals surface area contributed by atoms with Gasteiger partial charge in [-0.25, -0.2) is 0 Å². The Bertz CT molecular complexity index is 420. The van der Waals surface area contributed by atoms with Crippen LogP contribution in [-0.2, 0) is 4.79 Å². The summed E-state index contributed by atoms with van der Waals surface area (Å²) in [7, 11) is 1.66. The number of carbonyl (C=O) groups is 1. The van der Waals surface area contributed by atoms with E-state index in [-0.39, 0.29) is 11.6 Å². The number of alkyl halides is 1. The van der Waals surface area contributed by atoms with E-state index in [4.69, 9.17) is 11.6 Å². The third-order valence-corrected chi connectivity index (χ3v) is 2.86. The molecule has 0 saturated carbocycles. The molecule has 0 radical (unpaired) electrons. The zero-order chi connectivity index (χ0) is 13.5. The maximum Gasteiger partial charge on any atom is 0.269 e. The van der Waals surface area contributed by atoms with Crippen LogP contribution in [0, 0.1) is 10.1 Å². The molecule has 0 spiro atoms. The molecule has 0 atom stereocenters. The number of unbranched alkanes of at least 4 members (excludes halogenated alkanes) is 1. The number of carbonyl (C=O) groups excluding carboxylic acids is 1. The minimum atomic E-state index is -0.466. The second-order valence-electron chi connectivity index (χ2n) is 3.87. The highest BCUT2D eigenvalue weighted by Gasteiger charge is 2.12. The summed E-state index contributed by atoms with van der Waals surface area (Å²) in [6, 6.07) is 5.91. The Labute approximate surface area is 110 Å². The van der Waals surface area contributed by atoms with Crippen molar-refractivity contribution in [2.24, 2.45) is 0 Å². The van der Waals surface area contributed by atoms with Gasteiger partial charge in [-0.15, -0.1) is 11.6 Å². The molecule has 0 aromatic heterocycles. The number of hydrogen-bond acceptors (Lipinski definition) is 3. The highest BCUT2D eigenvalue weighted by atomic mass is 35.5. The first-order valence-corrected chi connectivity index (χ1v) is 6.16. The number of nitro groups is 1. The first kappa shape index (κ1) is 14.4. The number of amides is 1. The van der Waals surface area contributed by atoms with Crippen LogP contribution < -0.4 is 4.90 Å². The maximum atomic E-state index is 11.8. The van der Waals surface area contributed by atoms with Gasteiger partial charge in [-0.2, -0.15) is 0 Å². The third kappa shape index (κ3) is 4.00. The molecule has 5 nitrogen and oxygen atoms in total. The predicted octanol–water partition coefficient (Wildman–Crippen LogP) is 2.97. The summed E-state index contributed by atoms with van der Waals surface area (Å²) >= 11 is 5.54. The highest BCUT2D eigenvalue weighted by Crippen LogP contribution is 2.19. The van der Waals surface area contributed by atoms with Crippen LogP contribution in [0.25, 0.3) is 0 Å². The van der Waals surface area contributed by atoms with E-state index in [1.54, 1.807) is 19.2 Å². The topological polar surface area (TPSA) is 63.5 Å². The second-order valence-corrected chi connectivity index (χ2v) is 4.25. The van der Waals surface area contributed by atoms with Crippen molar-refractivity contribution < 1.29 is 9.72 Å². The molecule has 1 rings (SSSR count). The number of hydrogen-bond donors (Lipinski definition) is 0. The lowest BCUT2D eigenvalue weighted by Crippen LogP contribution is -2.25. The summed E-state index contributed by atoms with van der Waals surface area (Å²) < 4.78 is 0. The Hall–Kier alpha value is -1.62. The summed E-state index contributed by atoms with van der Waals surface area (Å²) in [5.74, 6) is 0.531.